The molecule has 1 fully saturated rings. The Morgan fingerprint density at radius 2 is 1.67 bits per heavy atom. The molecule has 2 aromatic rings. The van der Waals surface area contributed by atoms with Gasteiger partial charge in [0.1, 0.15) is 5.69 Å². The van der Waals surface area contributed by atoms with Crippen molar-refractivity contribution >= 4 is 11.4 Å². The van der Waals surface area contributed by atoms with Crippen molar-refractivity contribution in [3.63, 3.8) is 0 Å². The first-order chi connectivity index (χ1) is 11.5. The predicted octanol–water partition coefficient (Wildman–Crippen LogP) is 3.74. The first-order valence-electron chi connectivity index (χ1n) is 7.72. The highest BCUT2D eigenvalue weighted by Gasteiger charge is 2.30. The molecule has 2 heterocycles. The summed E-state index contributed by atoms with van der Waals surface area (Å²) in [5.74, 6) is -6.19. The van der Waals surface area contributed by atoms with E-state index in [2.05, 4.69) is 9.88 Å². The number of anilines is 2. The van der Waals surface area contributed by atoms with Crippen LogP contribution in [0.2, 0.25) is 0 Å². The number of hydrogen-bond acceptors (Lipinski definition) is 3. The van der Waals surface area contributed by atoms with Gasteiger partial charge in [-0.25, -0.2) is 0 Å². The average Bonchev–Trinajstić information content (AvgIpc) is 2.61. The van der Waals surface area contributed by atoms with Crippen molar-refractivity contribution < 1.29 is 17.6 Å². The lowest BCUT2D eigenvalue weighted by Gasteiger charge is -2.39. The maximum absolute atomic E-state index is 14.0. The Labute approximate surface area is 137 Å². The molecule has 1 unspecified atom stereocenters. The molecule has 1 aliphatic rings. The van der Waals surface area contributed by atoms with Crippen molar-refractivity contribution in [1.82, 2.24) is 4.98 Å². The van der Waals surface area contributed by atoms with Gasteiger partial charge in [0.2, 0.25) is 11.6 Å². The number of aromatic nitrogens is 1. The first-order valence-corrected chi connectivity index (χ1v) is 7.72. The molecule has 0 saturated carbocycles. The number of nitrogens with zero attached hydrogens (tertiary/aromatic N) is 3. The lowest BCUT2D eigenvalue weighted by Crippen LogP contribution is -2.47. The molecule has 0 bridgehead atoms. The highest BCUT2D eigenvalue weighted by atomic mass is 19.2. The summed E-state index contributed by atoms with van der Waals surface area (Å²) < 4.78 is 54.7. The molecule has 1 atom stereocenters. The van der Waals surface area contributed by atoms with E-state index in [0.29, 0.717) is 13.0 Å². The highest BCUT2D eigenvalue weighted by molar-refractivity contribution is 5.51. The second-order valence-electron chi connectivity index (χ2n) is 5.86. The van der Waals surface area contributed by atoms with Crippen LogP contribution in [-0.4, -0.2) is 31.2 Å². The molecule has 128 valence electrons. The molecule has 0 radical (unpaired) electrons. The van der Waals surface area contributed by atoms with E-state index >= 15 is 0 Å². The predicted molar refractivity (Wildman–Crippen MR) is 84.1 cm³/mol. The average molecular weight is 339 g/mol. The van der Waals surface area contributed by atoms with Gasteiger partial charge < -0.3 is 9.80 Å². The number of para-hydroxylation sites is 1. The van der Waals surface area contributed by atoms with E-state index in [1.807, 2.05) is 30.3 Å². The fourth-order valence-electron chi connectivity index (χ4n) is 3.11. The number of hydrogen-bond donors (Lipinski definition) is 0. The number of rotatable bonds is 3. The third-order valence-electron chi connectivity index (χ3n) is 4.39. The quantitative estimate of drug-likeness (QED) is 0.627. The highest BCUT2D eigenvalue weighted by Crippen LogP contribution is 2.30. The van der Waals surface area contributed by atoms with Crippen molar-refractivity contribution in [1.29, 1.82) is 0 Å². The van der Waals surface area contributed by atoms with Crippen molar-refractivity contribution in [3.05, 3.63) is 53.9 Å². The second kappa shape index (κ2) is 6.67. The normalized spacial score (nSPS) is 17.9. The summed E-state index contributed by atoms with van der Waals surface area (Å²) in [5.41, 5.74) is 0.295. The van der Waals surface area contributed by atoms with Crippen LogP contribution in [0.1, 0.15) is 12.8 Å². The number of halogens is 4. The maximum atomic E-state index is 14.0. The zero-order chi connectivity index (χ0) is 17.3. The Morgan fingerprint density at radius 3 is 2.29 bits per heavy atom. The summed E-state index contributed by atoms with van der Waals surface area (Å²) in [4.78, 5) is 5.97. The minimum atomic E-state index is -1.63. The van der Waals surface area contributed by atoms with Crippen LogP contribution >= 0.6 is 0 Å². The minimum Gasteiger partial charge on any atom is -0.369 e. The van der Waals surface area contributed by atoms with E-state index < -0.39 is 29.2 Å². The van der Waals surface area contributed by atoms with E-state index in [1.165, 1.54) is 11.9 Å². The topological polar surface area (TPSA) is 19.4 Å². The monoisotopic (exact) mass is 339 g/mol. The second-order valence-corrected chi connectivity index (χ2v) is 5.86. The molecule has 0 amide bonds. The van der Waals surface area contributed by atoms with Crippen LogP contribution in [0.25, 0.3) is 0 Å². The summed E-state index contributed by atoms with van der Waals surface area (Å²) in [6.07, 6.45) is 1.48. The van der Waals surface area contributed by atoms with Gasteiger partial charge in [0.05, 0.1) is 0 Å². The van der Waals surface area contributed by atoms with Gasteiger partial charge in [0, 0.05) is 31.9 Å². The molecule has 0 N–H and O–H groups in total. The Kier molecular flexibility index (Phi) is 4.59. The SMILES string of the molecule is CN(c1c(F)c(F)nc(F)c1F)C1CCCN(c2ccccc2)C1. The largest absolute Gasteiger partial charge is 0.369 e. The Morgan fingerprint density at radius 1 is 1.04 bits per heavy atom. The van der Waals surface area contributed by atoms with Gasteiger partial charge >= 0.3 is 0 Å². The Hall–Kier alpha value is -2.31. The van der Waals surface area contributed by atoms with Crippen molar-refractivity contribution in [2.75, 3.05) is 29.9 Å². The van der Waals surface area contributed by atoms with E-state index in [1.54, 1.807) is 0 Å². The summed E-state index contributed by atoms with van der Waals surface area (Å²) in [6, 6.07) is 9.37. The molecule has 1 aromatic heterocycles. The van der Waals surface area contributed by atoms with Crippen LogP contribution in [0.4, 0.5) is 28.9 Å². The van der Waals surface area contributed by atoms with Gasteiger partial charge in [0.25, 0.3) is 11.9 Å². The zero-order valence-electron chi connectivity index (χ0n) is 13.1. The van der Waals surface area contributed by atoms with Gasteiger partial charge in [-0.15, -0.1) is 0 Å². The van der Waals surface area contributed by atoms with Gasteiger partial charge in [-0.2, -0.15) is 22.5 Å². The molecule has 3 nitrogen and oxygen atoms in total. The zero-order valence-corrected chi connectivity index (χ0v) is 13.1. The molecule has 0 aliphatic carbocycles. The smallest absolute Gasteiger partial charge is 0.253 e. The van der Waals surface area contributed by atoms with E-state index in [-0.39, 0.29) is 6.04 Å². The minimum absolute atomic E-state index is 0.274. The van der Waals surface area contributed by atoms with E-state index in [4.69, 9.17) is 0 Å². The summed E-state index contributed by atoms with van der Waals surface area (Å²) in [6.45, 7) is 1.32. The third kappa shape index (κ3) is 3.02. The van der Waals surface area contributed by atoms with Crippen LogP contribution in [-0.2, 0) is 0 Å². The summed E-state index contributed by atoms with van der Waals surface area (Å²) in [5, 5.41) is 0. The van der Waals surface area contributed by atoms with E-state index in [0.717, 1.165) is 18.7 Å². The van der Waals surface area contributed by atoms with Gasteiger partial charge in [-0.3, -0.25) is 0 Å². The molecule has 1 saturated heterocycles. The Balaban J connectivity index is 1.87. The molecule has 0 spiro atoms. The lowest BCUT2D eigenvalue weighted by atomic mass is 10.0. The molecular weight excluding hydrogens is 322 g/mol. The van der Waals surface area contributed by atoms with Gasteiger partial charge in [-0.1, -0.05) is 18.2 Å². The van der Waals surface area contributed by atoms with Crippen molar-refractivity contribution in [2.45, 2.75) is 18.9 Å². The molecular formula is C17H17F4N3. The van der Waals surface area contributed by atoms with Gasteiger partial charge in [-0.05, 0) is 25.0 Å². The molecule has 1 aliphatic heterocycles. The molecule has 3 rings (SSSR count). The molecule has 7 heteroatoms. The summed E-state index contributed by atoms with van der Waals surface area (Å²) in [7, 11) is 1.44. The standard InChI is InChI=1S/C17H17F4N3/c1-23(15-13(18)16(20)22-17(21)14(15)19)12-8-5-9-24(10-12)11-6-3-2-4-7-11/h2-4,6-7,12H,5,8-10H2,1H3. The Bertz CT molecular complexity index is 697. The van der Waals surface area contributed by atoms with Crippen LogP contribution in [0.5, 0.6) is 0 Å². The molecule has 24 heavy (non-hydrogen) atoms. The first kappa shape index (κ1) is 16.5. The van der Waals surface area contributed by atoms with Gasteiger partial charge in [0.15, 0.2) is 0 Å². The van der Waals surface area contributed by atoms with Crippen LogP contribution in [0.15, 0.2) is 30.3 Å². The number of likely N-dealkylation sites (N-methyl/N-ethyl adjacent to an activating group) is 1. The third-order valence-corrected chi connectivity index (χ3v) is 4.39. The molecule has 1 aromatic carbocycles. The fourth-order valence-corrected chi connectivity index (χ4v) is 3.11. The number of benzene rings is 1. The van der Waals surface area contributed by atoms with Crippen molar-refractivity contribution in [3.8, 4) is 0 Å². The number of piperidine rings is 1. The van der Waals surface area contributed by atoms with Crippen LogP contribution in [0, 0.1) is 23.5 Å². The van der Waals surface area contributed by atoms with E-state index in [9.17, 15) is 17.6 Å². The van der Waals surface area contributed by atoms with Crippen LogP contribution < -0.4 is 9.80 Å². The number of pyridine rings is 1. The summed E-state index contributed by atoms with van der Waals surface area (Å²) >= 11 is 0. The van der Waals surface area contributed by atoms with Crippen molar-refractivity contribution in [2.24, 2.45) is 0 Å². The lowest BCUT2D eigenvalue weighted by molar-refractivity contribution is 0.398. The fraction of sp³-hybridized carbons (Fsp3) is 0.353. The van der Waals surface area contributed by atoms with Crippen LogP contribution in [0.3, 0.4) is 0 Å². The maximum Gasteiger partial charge on any atom is 0.253 e.